The Labute approximate surface area is 87.6 Å². The lowest BCUT2D eigenvalue weighted by molar-refractivity contribution is 0.185. The Kier molecular flexibility index (Phi) is 1.89. The monoisotopic (exact) mass is 203 g/mol. The van der Waals surface area contributed by atoms with Gasteiger partial charge >= 0.3 is 0 Å². The fourth-order valence-corrected chi connectivity index (χ4v) is 2.06. The van der Waals surface area contributed by atoms with E-state index in [1.54, 1.807) is 0 Å². The molecular formula is C11H13N3O. The van der Waals surface area contributed by atoms with E-state index in [0.29, 0.717) is 6.04 Å². The first-order valence-corrected chi connectivity index (χ1v) is 5.15. The van der Waals surface area contributed by atoms with Crippen molar-refractivity contribution in [1.29, 1.82) is 0 Å². The van der Waals surface area contributed by atoms with Gasteiger partial charge in [0.1, 0.15) is 0 Å². The fourth-order valence-electron chi connectivity index (χ4n) is 2.06. The van der Waals surface area contributed by atoms with E-state index in [0.717, 1.165) is 36.2 Å². The molecule has 0 saturated carbocycles. The Bertz CT molecular complexity index is 486. The van der Waals surface area contributed by atoms with Gasteiger partial charge in [-0.3, -0.25) is 4.68 Å². The molecule has 1 aromatic carbocycles. The first kappa shape index (κ1) is 8.73. The van der Waals surface area contributed by atoms with Crippen LogP contribution in [-0.4, -0.2) is 23.0 Å². The summed E-state index contributed by atoms with van der Waals surface area (Å²) in [5.41, 5.74) is 7.66. The summed E-state index contributed by atoms with van der Waals surface area (Å²) in [5.74, 6) is 0. The summed E-state index contributed by atoms with van der Waals surface area (Å²) < 4.78 is 7.39. The molecule has 4 heteroatoms. The Morgan fingerprint density at radius 2 is 2.40 bits per heavy atom. The van der Waals surface area contributed by atoms with Crippen LogP contribution < -0.4 is 5.73 Å². The summed E-state index contributed by atoms with van der Waals surface area (Å²) in [6.07, 6.45) is 2.92. The molecule has 4 nitrogen and oxygen atoms in total. The molecule has 1 aliphatic rings. The summed E-state index contributed by atoms with van der Waals surface area (Å²) >= 11 is 0. The Hall–Kier alpha value is -1.55. The largest absolute Gasteiger partial charge is 0.399 e. The smallest absolute Gasteiger partial charge is 0.0781 e. The highest BCUT2D eigenvalue weighted by atomic mass is 16.5. The zero-order chi connectivity index (χ0) is 10.3. The molecule has 0 amide bonds. The number of rotatable bonds is 1. The van der Waals surface area contributed by atoms with Crippen LogP contribution in [0.1, 0.15) is 12.5 Å². The molecule has 2 aromatic rings. The van der Waals surface area contributed by atoms with Crippen LogP contribution in [-0.2, 0) is 4.74 Å². The van der Waals surface area contributed by atoms with Crippen LogP contribution in [0.15, 0.2) is 24.4 Å². The Balaban J connectivity index is 2.13. The second kappa shape index (κ2) is 3.24. The number of anilines is 1. The molecule has 1 aromatic heterocycles. The number of ether oxygens (including phenoxy) is 1. The first-order valence-electron chi connectivity index (χ1n) is 5.15. The molecule has 1 fully saturated rings. The standard InChI is InChI=1S/C11H13N3O/c12-9-2-1-8-6-13-14(11(8)5-9)10-3-4-15-7-10/h1-2,5-6,10H,3-4,7,12H2. The highest BCUT2D eigenvalue weighted by Gasteiger charge is 2.19. The van der Waals surface area contributed by atoms with Gasteiger partial charge < -0.3 is 10.5 Å². The maximum atomic E-state index is 5.78. The molecule has 0 spiro atoms. The second-order valence-corrected chi connectivity index (χ2v) is 3.92. The van der Waals surface area contributed by atoms with Crippen molar-refractivity contribution in [2.45, 2.75) is 12.5 Å². The molecule has 0 aliphatic carbocycles. The van der Waals surface area contributed by atoms with E-state index in [2.05, 4.69) is 5.10 Å². The van der Waals surface area contributed by atoms with Crippen molar-refractivity contribution in [2.75, 3.05) is 18.9 Å². The van der Waals surface area contributed by atoms with Crippen molar-refractivity contribution in [3.8, 4) is 0 Å². The lowest BCUT2D eigenvalue weighted by atomic mass is 10.2. The normalized spacial score (nSPS) is 21.2. The quantitative estimate of drug-likeness (QED) is 0.716. The molecule has 2 heterocycles. The number of nitrogens with zero attached hydrogens (tertiary/aromatic N) is 2. The Morgan fingerprint density at radius 3 is 3.20 bits per heavy atom. The average molecular weight is 203 g/mol. The van der Waals surface area contributed by atoms with Crippen LogP contribution in [0.5, 0.6) is 0 Å². The van der Waals surface area contributed by atoms with Crippen molar-refractivity contribution >= 4 is 16.6 Å². The topological polar surface area (TPSA) is 53.1 Å². The van der Waals surface area contributed by atoms with E-state index in [1.807, 2.05) is 29.1 Å². The minimum absolute atomic E-state index is 0.365. The van der Waals surface area contributed by atoms with Gasteiger partial charge in [-0.15, -0.1) is 0 Å². The third kappa shape index (κ3) is 1.37. The molecule has 1 aliphatic heterocycles. The third-order valence-corrected chi connectivity index (χ3v) is 2.87. The number of hydrogen-bond donors (Lipinski definition) is 1. The van der Waals surface area contributed by atoms with Crippen LogP contribution in [0.2, 0.25) is 0 Å². The van der Waals surface area contributed by atoms with Gasteiger partial charge in [-0.25, -0.2) is 0 Å². The zero-order valence-electron chi connectivity index (χ0n) is 8.39. The minimum Gasteiger partial charge on any atom is -0.399 e. The SMILES string of the molecule is Nc1ccc2cnn(C3CCOC3)c2c1. The summed E-state index contributed by atoms with van der Waals surface area (Å²) in [6, 6.07) is 6.24. The predicted molar refractivity (Wildman–Crippen MR) is 58.6 cm³/mol. The first-order chi connectivity index (χ1) is 7.34. The van der Waals surface area contributed by atoms with Gasteiger partial charge in [0.2, 0.25) is 0 Å². The molecule has 0 bridgehead atoms. The van der Waals surface area contributed by atoms with Crippen LogP contribution >= 0.6 is 0 Å². The maximum Gasteiger partial charge on any atom is 0.0781 e. The van der Waals surface area contributed by atoms with Crippen LogP contribution in [0.4, 0.5) is 5.69 Å². The fraction of sp³-hybridized carbons (Fsp3) is 0.364. The molecular weight excluding hydrogens is 190 g/mol. The van der Waals surface area contributed by atoms with Gasteiger partial charge in [0.05, 0.1) is 24.4 Å². The number of benzene rings is 1. The lowest BCUT2D eigenvalue weighted by Gasteiger charge is -2.09. The third-order valence-electron chi connectivity index (χ3n) is 2.87. The van der Waals surface area contributed by atoms with Gasteiger partial charge in [0, 0.05) is 17.7 Å². The molecule has 3 rings (SSSR count). The van der Waals surface area contributed by atoms with Gasteiger partial charge in [-0.2, -0.15) is 5.10 Å². The van der Waals surface area contributed by atoms with Gasteiger partial charge in [0.25, 0.3) is 0 Å². The van der Waals surface area contributed by atoms with E-state index in [4.69, 9.17) is 10.5 Å². The van der Waals surface area contributed by atoms with Crippen LogP contribution in [0.3, 0.4) is 0 Å². The van der Waals surface area contributed by atoms with Crippen molar-refractivity contribution in [2.24, 2.45) is 0 Å². The number of nitrogens with two attached hydrogens (primary N) is 1. The van der Waals surface area contributed by atoms with Gasteiger partial charge in [-0.05, 0) is 24.6 Å². The van der Waals surface area contributed by atoms with Gasteiger partial charge in [0.15, 0.2) is 0 Å². The molecule has 15 heavy (non-hydrogen) atoms. The van der Waals surface area contributed by atoms with E-state index in [9.17, 15) is 0 Å². The highest BCUT2D eigenvalue weighted by molar-refractivity contribution is 5.81. The van der Waals surface area contributed by atoms with E-state index < -0.39 is 0 Å². The number of fused-ring (bicyclic) bond motifs is 1. The molecule has 1 saturated heterocycles. The minimum atomic E-state index is 0.365. The van der Waals surface area contributed by atoms with Crippen molar-refractivity contribution in [3.05, 3.63) is 24.4 Å². The molecule has 78 valence electrons. The molecule has 0 radical (unpaired) electrons. The lowest BCUT2D eigenvalue weighted by Crippen LogP contribution is -2.09. The van der Waals surface area contributed by atoms with E-state index in [-0.39, 0.29) is 0 Å². The summed E-state index contributed by atoms with van der Waals surface area (Å²) in [4.78, 5) is 0. The molecule has 1 unspecified atom stereocenters. The summed E-state index contributed by atoms with van der Waals surface area (Å²) in [7, 11) is 0. The van der Waals surface area contributed by atoms with Crippen LogP contribution in [0.25, 0.3) is 10.9 Å². The zero-order valence-corrected chi connectivity index (χ0v) is 8.39. The number of aromatic nitrogens is 2. The molecule has 1 atom stereocenters. The van der Waals surface area contributed by atoms with Gasteiger partial charge in [-0.1, -0.05) is 0 Å². The predicted octanol–water partition coefficient (Wildman–Crippen LogP) is 1.58. The van der Waals surface area contributed by atoms with Crippen molar-refractivity contribution < 1.29 is 4.74 Å². The highest BCUT2D eigenvalue weighted by Crippen LogP contribution is 2.24. The second-order valence-electron chi connectivity index (χ2n) is 3.92. The number of nitrogen functional groups attached to an aromatic ring is 1. The Morgan fingerprint density at radius 1 is 1.47 bits per heavy atom. The molecule has 2 N–H and O–H groups in total. The van der Waals surface area contributed by atoms with E-state index >= 15 is 0 Å². The van der Waals surface area contributed by atoms with Crippen molar-refractivity contribution in [1.82, 2.24) is 9.78 Å². The number of hydrogen-bond acceptors (Lipinski definition) is 3. The van der Waals surface area contributed by atoms with Crippen LogP contribution in [0, 0.1) is 0 Å². The average Bonchev–Trinajstić information content (AvgIpc) is 2.83. The maximum absolute atomic E-state index is 5.78. The summed E-state index contributed by atoms with van der Waals surface area (Å²) in [5, 5.41) is 5.53. The van der Waals surface area contributed by atoms with E-state index in [1.165, 1.54) is 0 Å². The summed E-state index contributed by atoms with van der Waals surface area (Å²) in [6.45, 7) is 1.58. The van der Waals surface area contributed by atoms with Crippen molar-refractivity contribution in [3.63, 3.8) is 0 Å².